The largest absolute Gasteiger partial charge is 0.477 e. The Morgan fingerprint density at radius 1 is 1.25 bits per heavy atom. The lowest BCUT2D eigenvalue weighted by atomic mass is 10.1. The van der Waals surface area contributed by atoms with Crippen molar-refractivity contribution < 1.29 is 14.6 Å². The van der Waals surface area contributed by atoms with Gasteiger partial charge in [0, 0.05) is 0 Å². The van der Waals surface area contributed by atoms with Crippen LogP contribution in [-0.4, -0.2) is 27.4 Å². The van der Waals surface area contributed by atoms with Crippen LogP contribution in [0.4, 0.5) is 0 Å². The van der Waals surface area contributed by atoms with Crippen LogP contribution in [0.15, 0.2) is 0 Å². The topological polar surface area (TPSA) is 72.3 Å². The fraction of sp³-hybridized carbons (Fsp3) is 0.667. The van der Waals surface area contributed by atoms with E-state index in [0.29, 0.717) is 11.3 Å². The van der Waals surface area contributed by atoms with Crippen LogP contribution in [0.1, 0.15) is 67.6 Å². The molecule has 0 saturated carbocycles. The van der Waals surface area contributed by atoms with Crippen molar-refractivity contribution in [3.8, 4) is 5.88 Å². The second kappa shape index (κ2) is 7.82. The number of carboxylic acid groups (broad SMARTS) is 1. The van der Waals surface area contributed by atoms with E-state index in [1.54, 1.807) is 13.8 Å². The molecule has 0 fully saturated rings. The average Bonchev–Trinajstić information content (AvgIpc) is 2.39. The van der Waals surface area contributed by atoms with Crippen LogP contribution in [0.2, 0.25) is 0 Å². The van der Waals surface area contributed by atoms with E-state index >= 15 is 0 Å². The van der Waals surface area contributed by atoms with E-state index in [4.69, 9.17) is 4.74 Å². The van der Waals surface area contributed by atoms with Crippen molar-refractivity contribution in [1.29, 1.82) is 0 Å². The number of rotatable bonds is 8. The number of unbranched alkanes of at least 4 members (excludes halogenated alkanes) is 3. The zero-order chi connectivity index (χ0) is 15.1. The highest BCUT2D eigenvalue weighted by Gasteiger charge is 2.20. The van der Waals surface area contributed by atoms with E-state index in [1.807, 2.05) is 6.92 Å². The third kappa shape index (κ3) is 4.47. The highest BCUT2D eigenvalue weighted by Crippen LogP contribution is 2.22. The Kier molecular flexibility index (Phi) is 6.42. The van der Waals surface area contributed by atoms with Gasteiger partial charge in [-0.1, -0.05) is 26.2 Å². The Balaban J connectivity index is 2.72. The second-order valence-electron chi connectivity index (χ2n) is 5.17. The van der Waals surface area contributed by atoms with Crippen molar-refractivity contribution in [2.75, 3.05) is 0 Å². The maximum absolute atomic E-state index is 11.3. The molecule has 1 heterocycles. The molecule has 5 heteroatoms. The number of nitrogens with zero attached hydrogens (tertiary/aromatic N) is 2. The standard InChI is InChI=1S/C15H24N2O3/c1-5-6-7-8-9-10(2)20-14-13(15(18)19)11(3)12(4)16-17-14/h10H,5-9H2,1-4H3,(H,18,19). The number of ether oxygens (including phenoxy) is 1. The van der Waals surface area contributed by atoms with Crippen molar-refractivity contribution in [3.63, 3.8) is 0 Å². The minimum atomic E-state index is -1.02. The van der Waals surface area contributed by atoms with Crippen LogP contribution in [-0.2, 0) is 0 Å². The molecule has 0 aliphatic carbocycles. The average molecular weight is 280 g/mol. The molecule has 0 amide bonds. The maximum Gasteiger partial charge on any atom is 0.341 e. The summed E-state index contributed by atoms with van der Waals surface area (Å²) < 4.78 is 5.67. The summed E-state index contributed by atoms with van der Waals surface area (Å²) in [4.78, 5) is 11.3. The van der Waals surface area contributed by atoms with Gasteiger partial charge in [-0.2, -0.15) is 5.10 Å². The van der Waals surface area contributed by atoms with Crippen molar-refractivity contribution in [2.45, 2.75) is 65.9 Å². The van der Waals surface area contributed by atoms with Crippen molar-refractivity contribution >= 4 is 5.97 Å². The summed E-state index contributed by atoms with van der Waals surface area (Å²) >= 11 is 0. The fourth-order valence-corrected chi connectivity index (χ4v) is 2.03. The minimum absolute atomic E-state index is 0.0543. The first-order chi connectivity index (χ1) is 9.47. The predicted molar refractivity (Wildman–Crippen MR) is 77.3 cm³/mol. The molecule has 20 heavy (non-hydrogen) atoms. The maximum atomic E-state index is 11.3. The third-order valence-corrected chi connectivity index (χ3v) is 3.41. The number of aromatic carboxylic acids is 1. The molecule has 0 aromatic carbocycles. The smallest absolute Gasteiger partial charge is 0.341 e. The summed E-state index contributed by atoms with van der Waals surface area (Å²) in [5.41, 5.74) is 1.35. The monoisotopic (exact) mass is 280 g/mol. The summed E-state index contributed by atoms with van der Waals surface area (Å²) in [7, 11) is 0. The zero-order valence-corrected chi connectivity index (χ0v) is 12.8. The molecule has 0 radical (unpaired) electrons. The zero-order valence-electron chi connectivity index (χ0n) is 12.8. The molecular formula is C15H24N2O3. The fourth-order valence-electron chi connectivity index (χ4n) is 2.03. The molecule has 0 bridgehead atoms. The lowest BCUT2D eigenvalue weighted by molar-refractivity contribution is 0.0686. The van der Waals surface area contributed by atoms with Crippen LogP contribution in [0.3, 0.4) is 0 Å². The van der Waals surface area contributed by atoms with E-state index in [2.05, 4.69) is 17.1 Å². The molecule has 1 unspecified atom stereocenters. The molecule has 5 nitrogen and oxygen atoms in total. The number of aryl methyl sites for hydroxylation is 1. The molecule has 1 rings (SSSR count). The molecule has 1 N–H and O–H groups in total. The van der Waals surface area contributed by atoms with Gasteiger partial charge in [-0.25, -0.2) is 4.79 Å². The van der Waals surface area contributed by atoms with Crippen LogP contribution in [0.25, 0.3) is 0 Å². The van der Waals surface area contributed by atoms with Gasteiger partial charge in [-0.15, -0.1) is 5.10 Å². The molecule has 0 aliphatic rings. The van der Waals surface area contributed by atoms with Gasteiger partial charge in [0.25, 0.3) is 0 Å². The SMILES string of the molecule is CCCCCCC(C)Oc1nnc(C)c(C)c1C(=O)O. The van der Waals surface area contributed by atoms with Gasteiger partial charge >= 0.3 is 5.97 Å². The summed E-state index contributed by atoms with van der Waals surface area (Å²) in [6.07, 6.45) is 5.51. The molecule has 1 aromatic rings. The summed E-state index contributed by atoms with van der Waals surface area (Å²) in [6, 6.07) is 0. The molecule has 0 saturated heterocycles. The highest BCUT2D eigenvalue weighted by molar-refractivity contribution is 5.92. The number of carboxylic acids is 1. The van der Waals surface area contributed by atoms with Gasteiger partial charge in [0.1, 0.15) is 5.56 Å². The van der Waals surface area contributed by atoms with Crippen LogP contribution >= 0.6 is 0 Å². The normalized spacial score (nSPS) is 12.2. The summed E-state index contributed by atoms with van der Waals surface area (Å²) in [6.45, 7) is 7.58. The molecule has 0 aliphatic heterocycles. The third-order valence-electron chi connectivity index (χ3n) is 3.41. The predicted octanol–water partition coefficient (Wildman–Crippen LogP) is 3.53. The van der Waals surface area contributed by atoms with Gasteiger partial charge in [0.05, 0.1) is 11.8 Å². The van der Waals surface area contributed by atoms with Gasteiger partial charge in [-0.05, 0) is 39.2 Å². The Morgan fingerprint density at radius 3 is 2.55 bits per heavy atom. The van der Waals surface area contributed by atoms with E-state index < -0.39 is 5.97 Å². The Labute approximate surface area is 120 Å². The van der Waals surface area contributed by atoms with Gasteiger partial charge in [0.15, 0.2) is 0 Å². The van der Waals surface area contributed by atoms with Gasteiger partial charge in [-0.3, -0.25) is 0 Å². The molecule has 1 atom stereocenters. The van der Waals surface area contributed by atoms with E-state index in [0.717, 1.165) is 12.8 Å². The first-order valence-corrected chi connectivity index (χ1v) is 7.21. The second-order valence-corrected chi connectivity index (χ2v) is 5.17. The first-order valence-electron chi connectivity index (χ1n) is 7.21. The Bertz CT molecular complexity index is 461. The Hall–Kier alpha value is -1.65. The molecular weight excluding hydrogens is 256 g/mol. The van der Waals surface area contributed by atoms with Gasteiger partial charge < -0.3 is 9.84 Å². The van der Waals surface area contributed by atoms with E-state index in [-0.39, 0.29) is 17.5 Å². The molecule has 112 valence electrons. The van der Waals surface area contributed by atoms with E-state index in [1.165, 1.54) is 19.3 Å². The van der Waals surface area contributed by atoms with Crippen LogP contribution in [0, 0.1) is 13.8 Å². The van der Waals surface area contributed by atoms with Crippen molar-refractivity contribution in [1.82, 2.24) is 10.2 Å². The molecule has 1 aromatic heterocycles. The highest BCUT2D eigenvalue weighted by atomic mass is 16.5. The lowest BCUT2D eigenvalue weighted by Gasteiger charge is -2.16. The minimum Gasteiger partial charge on any atom is -0.477 e. The van der Waals surface area contributed by atoms with Crippen molar-refractivity contribution in [3.05, 3.63) is 16.8 Å². The van der Waals surface area contributed by atoms with Crippen LogP contribution < -0.4 is 4.74 Å². The first kappa shape index (κ1) is 16.4. The van der Waals surface area contributed by atoms with E-state index in [9.17, 15) is 9.90 Å². The quantitative estimate of drug-likeness (QED) is 0.737. The summed E-state index contributed by atoms with van der Waals surface area (Å²) in [5.74, 6) is -0.891. The number of aromatic nitrogens is 2. The van der Waals surface area contributed by atoms with Gasteiger partial charge in [0.2, 0.25) is 5.88 Å². The lowest BCUT2D eigenvalue weighted by Crippen LogP contribution is -2.17. The number of hydrogen-bond acceptors (Lipinski definition) is 4. The number of carbonyl (C=O) groups is 1. The Morgan fingerprint density at radius 2 is 1.95 bits per heavy atom. The number of hydrogen-bond donors (Lipinski definition) is 1. The van der Waals surface area contributed by atoms with Crippen LogP contribution in [0.5, 0.6) is 5.88 Å². The molecule has 0 spiro atoms. The summed E-state index contributed by atoms with van der Waals surface area (Å²) in [5, 5.41) is 17.1. The van der Waals surface area contributed by atoms with Crippen molar-refractivity contribution in [2.24, 2.45) is 0 Å².